The third-order valence-electron chi connectivity index (χ3n) is 4.58. The Balaban J connectivity index is 3.18. The zero-order valence-corrected chi connectivity index (χ0v) is 17.4. The number of rotatable bonds is 19. The number of esters is 2. The van der Waals surface area contributed by atoms with Crippen molar-refractivity contribution in [1.29, 1.82) is 0 Å². The number of unbranched alkanes of at least 4 members (excludes halogenated alkanes) is 12. The lowest BCUT2D eigenvalue weighted by atomic mass is 10.1. The Morgan fingerprint density at radius 2 is 0.962 bits per heavy atom. The summed E-state index contributed by atoms with van der Waals surface area (Å²) >= 11 is 0. The first-order chi connectivity index (χ1) is 12.7. The van der Waals surface area contributed by atoms with Crippen molar-refractivity contribution in [1.82, 2.24) is 0 Å². The first kappa shape index (κ1) is 24.9. The Hall–Kier alpha value is -1.06. The predicted octanol–water partition coefficient (Wildman–Crippen LogP) is 6.35. The molecule has 0 aromatic heterocycles. The molecule has 4 nitrogen and oxygen atoms in total. The van der Waals surface area contributed by atoms with Crippen molar-refractivity contribution in [3.63, 3.8) is 0 Å². The van der Waals surface area contributed by atoms with Crippen LogP contribution in [0, 0.1) is 0 Å². The van der Waals surface area contributed by atoms with Gasteiger partial charge in [0.15, 0.2) is 0 Å². The lowest BCUT2D eigenvalue weighted by Gasteiger charge is -2.05. The predicted molar refractivity (Wildman–Crippen MR) is 107 cm³/mol. The molecule has 0 aliphatic carbocycles. The summed E-state index contributed by atoms with van der Waals surface area (Å²) in [7, 11) is 0. The van der Waals surface area contributed by atoms with Crippen molar-refractivity contribution in [2.75, 3.05) is 13.2 Å². The SMILES string of the molecule is CCCCCCCOC(=O)CCCCCCCCCCCC(=O)OCC. The molecule has 0 saturated heterocycles. The first-order valence-corrected chi connectivity index (χ1v) is 11.0. The number of hydrogen-bond donors (Lipinski definition) is 0. The van der Waals surface area contributed by atoms with Crippen LogP contribution in [0.2, 0.25) is 0 Å². The molecule has 0 N–H and O–H groups in total. The molecule has 0 aliphatic heterocycles. The molecule has 0 fully saturated rings. The molecule has 0 spiro atoms. The molecule has 0 heterocycles. The van der Waals surface area contributed by atoms with Crippen molar-refractivity contribution in [3.05, 3.63) is 0 Å². The molecule has 154 valence electrons. The topological polar surface area (TPSA) is 52.6 Å². The Morgan fingerprint density at radius 3 is 1.46 bits per heavy atom. The van der Waals surface area contributed by atoms with E-state index in [0.717, 1.165) is 32.1 Å². The van der Waals surface area contributed by atoms with Crippen LogP contribution in [0.4, 0.5) is 0 Å². The molecule has 0 amide bonds. The number of carbonyl (C=O) groups excluding carboxylic acids is 2. The minimum atomic E-state index is -0.0671. The number of carbonyl (C=O) groups is 2. The van der Waals surface area contributed by atoms with Gasteiger partial charge in [-0.3, -0.25) is 9.59 Å². The molecule has 0 aliphatic rings. The fraction of sp³-hybridized carbons (Fsp3) is 0.909. The van der Waals surface area contributed by atoms with Crippen LogP contribution in [0.5, 0.6) is 0 Å². The summed E-state index contributed by atoms with van der Waals surface area (Å²) in [6.45, 7) is 5.12. The quantitative estimate of drug-likeness (QED) is 0.196. The van der Waals surface area contributed by atoms with Crippen LogP contribution in [0.3, 0.4) is 0 Å². The number of ether oxygens (including phenoxy) is 2. The van der Waals surface area contributed by atoms with Gasteiger partial charge in [0.05, 0.1) is 13.2 Å². The minimum absolute atomic E-state index is 0.0258. The van der Waals surface area contributed by atoms with Gasteiger partial charge < -0.3 is 9.47 Å². The standard InChI is InChI=1S/C22H42O4/c1-3-5-6-14-17-20-26-22(24)19-16-13-11-9-7-8-10-12-15-18-21(23)25-4-2/h3-20H2,1-2H3. The van der Waals surface area contributed by atoms with Crippen molar-refractivity contribution in [2.24, 2.45) is 0 Å². The highest BCUT2D eigenvalue weighted by Crippen LogP contribution is 2.12. The van der Waals surface area contributed by atoms with Gasteiger partial charge in [-0.05, 0) is 26.2 Å². The summed E-state index contributed by atoms with van der Waals surface area (Å²) in [6, 6.07) is 0. The maximum atomic E-state index is 11.6. The fourth-order valence-electron chi connectivity index (χ4n) is 2.97. The fourth-order valence-corrected chi connectivity index (χ4v) is 2.97. The van der Waals surface area contributed by atoms with Gasteiger partial charge in [0, 0.05) is 12.8 Å². The van der Waals surface area contributed by atoms with Gasteiger partial charge in [-0.1, -0.05) is 77.6 Å². The van der Waals surface area contributed by atoms with E-state index in [1.807, 2.05) is 6.92 Å². The van der Waals surface area contributed by atoms with E-state index in [2.05, 4.69) is 6.92 Å². The van der Waals surface area contributed by atoms with Gasteiger partial charge in [-0.15, -0.1) is 0 Å². The van der Waals surface area contributed by atoms with Crippen LogP contribution in [-0.4, -0.2) is 25.2 Å². The van der Waals surface area contributed by atoms with E-state index in [4.69, 9.17) is 9.47 Å². The van der Waals surface area contributed by atoms with E-state index >= 15 is 0 Å². The maximum absolute atomic E-state index is 11.6. The van der Waals surface area contributed by atoms with Crippen molar-refractivity contribution >= 4 is 11.9 Å². The molecule has 0 atom stereocenters. The molecule has 0 saturated carbocycles. The third-order valence-corrected chi connectivity index (χ3v) is 4.58. The van der Waals surface area contributed by atoms with Gasteiger partial charge in [0.1, 0.15) is 0 Å². The van der Waals surface area contributed by atoms with E-state index < -0.39 is 0 Å². The largest absolute Gasteiger partial charge is 0.466 e. The van der Waals surface area contributed by atoms with Crippen LogP contribution in [0.15, 0.2) is 0 Å². The van der Waals surface area contributed by atoms with E-state index in [9.17, 15) is 9.59 Å². The molecule has 26 heavy (non-hydrogen) atoms. The Kier molecular flexibility index (Phi) is 19.4. The second-order valence-electron chi connectivity index (χ2n) is 7.12. The highest BCUT2D eigenvalue weighted by Gasteiger charge is 2.03. The van der Waals surface area contributed by atoms with E-state index in [0.29, 0.717) is 26.1 Å². The lowest BCUT2D eigenvalue weighted by molar-refractivity contribution is -0.144. The minimum Gasteiger partial charge on any atom is -0.466 e. The van der Waals surface area contributed by atoms with Crippen molar-refractivity contribution < 1.29 is 19.1 Å². The van der Waals surface area contributed by atoms with Gasteiger partial charge in [-0.25, -0.2) is 0 Å². The molecular weight excluding hydrogens is 328 g/mol. The highest BCUT2D eigenvalue weighted by atomic mass is 16.5. The van der Waals surface area contributed by atoms with E-state index in [-0.39, 0.29) is 11.9 Å². The zero-order chi connectivity index (χ0) is 19.3. The summed E-state index contributed by atoms with van der Waals surface area (Å²) in [6.07, 6.45) is 17.3. The molecule has 0 radical (unpaired) electrons. The van der Waals surface area contributed by atoms with E-state index in [1.165, 1.54) is 57.8 Å². The summed E-state index contributed by atoms with van der Waals surface area (Å²) < 4.78 is 10.2. The van der Waals surface area contributed by atoms with Gasteiger partial charge in [0.2, 0.25) is 0 Å². The zero-order valence-electron chi connectivity index (χ0n) is 17.4. The second kappa shape index (κ2) is 20.3. The molecule has 0 aromatic rings. The molecule has 0 unspecified atom stereocenters. The lowest BCUT2D eigenvalue weighted by Crippen LogP contribution is -2.05. The summed E-state index contributed by atoms with van der Waals surface area (Å²) in [5.74, 6) is -0.0930. The van der Waals surface area contributed by atoms with Gasteiger partial charge >= 0.3 is 11.9 Å². The van der Waals surface area contributed by atoms with Crippen LogP contribution >= 0.6 is 0 Å². The third kappa shape index (κ3) is 19.3. The van der Waals surface area contributed by atoms with Gasteiger partial charge in [-0.2, -0.15) is 0 Å². The highest BCUT2D eigenvalue weighted by molar-refractivity contribution is 5.69. The molecule has 0 rings (SSSR count). The first-order valence-electron chi connectivity index (χ1n) is 11.0. The average molecular weight is 371 g/mol. The Morgan fingerprint density at radius 1 is 0.538 bits per heavy atom. The maximum Gasteiger partial charge on any atom is 0.305 e. The van der Waals surface area contributed by atoms with Crippen LogP contribution in [0.1, 0.15) is 117 Å². The van der Waals surface area contributed by atoms with Gasteiger partial charge in [0.25, 0.3) is 0 Å². The number of hydrogen-bond acceptors (Lipinski definition) is 4. The van der Waals surface area contributed by atoms with Crippen LogP contribution < -0.4 is 0 Å². The van der Waals surface area contributed by atoms with Crippen LogP contribution in [0.25, 0.3) is 0 Å². The normalized spacial score (nSPS) is 10.7. The smallest absolute Gasteiger partial charge is 0.305 e. The molecule has 4 heteroatoms. The Bertz CT molecular complexity index is 328. The monoisotopic (exact) mass is 370 g/mol. The summed E-state index contributed by atoms with van der Waals surface area (Å²) in [5.41, 5.74) is 0. The second-order valence-corrected chi connectivity index (χ2v) is 7.12. The summed E-state index contributed by atoms with van der Waals surface area (Å²) in [5, 5.41) is 0. The molecule has 0 bridgehead atoms. The van der Waals surface area contributed by atoms with Crippen molar-refractivity contribution in [2.45, 2.75) is 117 Å². The Labute approximate surface area is 161 Å². The molecule has 0 aromatic carbocycles. The molecular formula is C22H42O4. The van der Waals surface area contributed by atoms with Crippen molar-refractivity contribution in [3.8, 4) is 0 Å². The van der Waals surface area contributed by atoms with E-state index in [1.54, 1.807) is 0 Å². The van der Waals surface area contributed by atoms with Crippen LogP contribution in [-0.2, 0) is 19.1 Å². The summed E-state index contributed by atoms with van der Waals surface area (Å²) in [4.78, 5) is 22.8. The average Bonchev–Trinajstić information content (AvgIpc) is 2.62.